The molecule has 9 nitrogen and oxygen atoms in total. The molecule has 1 aliphatic carbocycles. The molecular formula is C35H42ClN7O2. The van der Waals surface area contributed by atoms with E-state index in [1.165, 1.54) is 6.08 Å². The van der Waals surface area contributed by atoms with Gasteiger partial charge >= 0.3 is 6.01 Å². The van der Waals surface area contributed by atoms with Crippen LogP contribution in [0.5, 0.6) is 6.01 Å². The van der Waals surface area contributed by atoms with Gasteiger partial charge in [0, 0.05) is 60.8 Å². The lowest BCUT2D eigenvalue weighted by atomic mass is 10.0. The first-order valence-corrected chi connectivity index (χ1v) is 16.3. The van der Waals surface area contributed by atoms with Gasteiger partial charge in [-0.3, -0.25) is 4.79 Å². The summed E-state index contributed by atoms with van der Waals surface area (Å²) in [6.45, 7) is 12.7. The van der Waals surface area contributed by atoms with Crippen LogP contribution in [0.25, 0.3) is 10.8 Å². The molecule has 0 spiro atoms. The second-order valence-corrected chi connectivity index (χ2v) is 13.4. The zero-order valence-electron chi connectivity index (χ0n) is 26.5. The van der Waals surface area contributed by atoms with Gasteiger partial charge in [0.05, 0.1) is 42.4 Å². The zero-order valence-corrected chi connectivity index (χ0v) is 27.3. The van der Waals surface area contributed by atoms with E-state index in [1.807, 2.05) is 12.1 Å². The maximum atomic E-state index is 12.6. The summed E-state index contributed by atoms with van der Waals surface area (Å²) in [5.74, 6) is 0.706. The molecule has 1 unspecified atom stereocenters. The first-order chi connectivity index (χ1) is 21.7. The van der Waals surface area contributed by atoms with Gasteiger partial charge in [-0.05, 0) is 63.8 Å². The molecule has 0 radical (unpaired) electrons. The molecule has 2 aliphatic heterocycles. The molecule has 6 rings (SSSR count). The molecule has 1 aromatic heterocycles. The highest BCUT2D eigenvalue weighted by Crippen LogP contribution is 2.47. The van der Waals surface area contributed by atoms with E-state index >= 15 is 0 Å². The van der Waals surface area contributed by atoms with Gasteiger partial charge in [-0.25, -0.2) is 0 Å². The summed E-state index contributed by atoms with van der Waals surface area (Å²) in [4.78, 5) is 31.3. The number of fused-ring (bicyclic) bond motifs is 2. The summed E-state index contributed by atoms with van der Waals surface area (Å²) in [6.07, 6.45) is 4.59. The highest BCUT2D eigenvalue weighted by molar-refractivity contribution is 6.36. The predicted molar refractivity (Wildman–Crippen MR) is 179 cm³/mol. The molecule has 3 aliphatic rings. The molecular weight excluding hydrogens is 586 g/mol. The highest BCUT2D eigenvalue weighted by atomic mass is 35.5. The summed E-state index contributed by atoms with van der Waals surface area (Å²) < 4.78 is 6.45. The summed E-state index contributed by atoms with van der Waals surface area (Å²) in [5, 5.41) is 12.5. The largest absolute Gasteiger partial charge is 0.463 e. The van der Waals surface area contributed by atoms with Gasteiger partial charge in [-0.15, -0.1) is 0 Å². The lowest BCUT2D eigenvalue weighted by molar-refractivity contribution is -0.128. The Bertz CT molecular complexity index is 1630. The fourth-order valence-electron chi connectivity index (χ4n) is 6.65. The number of hydrogen-bond acceptors (Lipinski definition) is 8. The Kier molecular flexibility index (Phi) is 8.89. The monoisotopic (exact) mass is 627 g/mol. The number of amides is 1. The van der Waals surface area contributed by atoms with Crippen LogP contribution >= 0.6 is 11.6 Å². The quantitative estimate of drug-likeness (QED) is 0.274. The number of nitriles is 1. The lowest BCUT2D eigenvalue weighted by Gasteiger charge is -2.42. The second kappa shape index (κ2) is 12.9. The van der Waals surface area contributed by atoms with Crippen LogP contribution < -0.4 is 14.5 Å². The molecule has 0 bridgehead atoms. The molecule has 3 aromatic rings. The van der Waals surface area contributed by atoms with E-state index in [0.717, 1.165) is 70.9 Å². The first kappa shape index (κ1) is 31.1. The number of hydrogen-bond donors (Lipinski definition) is 0. The third kappa shape index (κ3) is 6.45. The molecule has 1 saturated carbocycles. The van der Waals surface area contributed by atoms with Crippen molar-refractivity contribution in [3.63, 3.8) is 0 Å². The normalized spacial score (nSPS) is 19.0. The fraction of sp³-hybridized carbons (Fsp3) is 0.486. The Labute approximate surface area is 271 Å². The topological polar surface area (TPSA) is 88.8 Å². The number of aromatic nitrogens is 2. The number of anilines is 2. The van der Waals surface area contributed by atoms with Crippen molar-refractivity contribution in [3.05, 3.63) is 65.3 Å². The van der Waals surface area contributed by atoms with Crippen LogP contribution in [0.2, 0.25) is 5.02 Å². The molecule has 236 valence electrons. The number of carbonyl (C=O) groups is 1. The van der Waals surface area contributed by atoms with Crippen LogP contribution in [0, 0.1) is 16.7 Å². The molecule has 45 heavy (non-hydrogen) atoms. The average Bonchev–Trinajstić information content (AvgIpc) is 3.82. The van der Waals surface area contributed by atoms with Gasteiger partial charge in [0.2, 0.25) is 5.91 Å². The Morgan fingerprint density at radius 1 is 1.20 bits per heavy atom. The molecule has 1 atom stereocenters. The highest BCUT2D eigenvalue weighted by Gasteiger charge is 2.45. The van der Waals surface area contributed by atoms with E-state index in [1.54, 1.807) is 4.90 Å². The van der Waals surface area contributed by atoms with Crippen molar-refractivity contribution in [3.8, 4) is 12.1 Å². The van der Waals surface area contributed by atoms with Crippen LogP contribution in [0.3, 0.4) is 0 Å². The van der Waals surface area contributed by atoms with Crippen molar-refractivity contribution in [2.75, 3.05) is 56.2 Å². The van der Waals surface area contributed by atoms with Gasteiger partial charge in [0.25, 0.3) is 0 Å². The summed E-state index contributed by atoms with van der Waals surface area (Å²) in [6, 6.07) is 15.2. The van der Waals surface area contributed by atoms with Crippen molar-refractivity contribution >= 4 is 39.8 Å². The number of halogens is 1. The van der Waals surface area contributed by atoms with Crippen LogP contribution in [0.15, 0.2) is 49.1 Å². The maximum absolute atomic E-state index is 12.6. The maximum Gasteiger partial charge on any atom is 0.318 e. The van der Waals surface area contributed by atoms with Crippen molar-refractivity contribution < 1.29 is 9.53 Å². The van der Waals surface area contributed by atoms with Crippen LogP contribution in [-0.2, 0) is 17.8 Å². The minimum absolute atomic E-state index is 0.124. The minimum Gasteiger partial charge on any atom is -0.463 e. The molecule has 2 fully saturated rings. The van der Waals surface area contributed by atoms with E-state index in [2.05, 4.69) is 72.5 Å². The van der Waals surface area contributed by atoms with Gasteiger partial charge in [-0.1, -0.05) is 42.4 Å². The Morgan fingerprint density at radius 3 is 2.69 bits per heavy atom. The van der Waals surface area contributed by atoms with Gasteiger partial charge in [0.15, 0.2) is 0 Å². The third-order valence-electron chi connectivity index (χ3n) is 9.69. The molecule has 1 saturated heterocycles. The number of ether oxygens (including phenoxy) is 1. The third-order valence-corrected chi connectivity index (χ3v) is 10.0. The first-order valence-electron chi connectivity index (χ1n) is 15.9. The van der Waals surface area contributed by atoms with Crippen molar-refractivity contribution in [2.45, 2.75) is 58.2 Å². The predicted octanol–water partition coefficient (Wildman–Crippen LogP) is 5.46. The van der Waals surface area contributed by atoms with E-state index in [4.69, 9.17) is 26.3 Å². The number of benzene rings is 2. The molecule has 0 N–H and O–H groups in total. The van der Waals surface area contributed by atoms with Crippen LogP contribution in [0.1, 0.15) is 44.4 Å². The summed E-state index contributed by atoms with van der Waals surface area (Å²) >= 11 is 6.72. The van der Waals surface area contributed by atoms with E-state index in [0.29, 0.717) is 44.8 Å². The smallest absolute Gasteiger partial charge is 0.318 e. The molecule has 3 heterocycles. The van der Waals surface area contributed by atoms with Crippen molar-refractivity contribution in [2.24, 2.45) is 5.41 Å². The van der Waals surface area contributed by atoms with Crippen molar-refractivity contribution in [1.29, 1.82) is 5.26 Å². The number of nitrogens with zero attached hydrogens (tertiary/aromatic N) is 7. The molecule has 10 heteroatoms. The Morgan fingerprint density at radius 2 is 1.98 bits per heavy atom. The Hall–Kier alpha value is -3.87. The van der Waals surface area contributed by atoms with Gasteiger partial charge in [0.1, 0.15) is 5.82 Å². The minimum atomic E-state index is -0.247. The van der Waals surface area contributed by atoms with Gasteiger partial charge in [-0.2, -0.15) is 15.2 Å². The number of piperazine rings is 1. The zero-order chi connectivity index (χ0) is 31.7. The summed E-state index contributed by atoms with van der Waals surface area (Å²) in [5.41, 5.74) is 3.25. The standard InChI is InChI=1S/C35H42ClN7O2/c1-5-31(44)43-19-18-42(20-26(43)12-16-37)33-27-13-17-41(30-11-7-9-25-8-6-10-28(36)32(25)30)21-29(27)38-34(39-33)45-23-35(14-15-35)22-40(4)24(2)3/h5-11,24,26H,1,12-15,17-23H2,2-4H3. The lowest BCUT2D eigenvalue weighted by Crippen LogP contribution is -2.55. The second-order valence-electron chi connectivity index (χ2n) is 13.0. The number of rotatable bonds is 10. The Balaban J connectivity index is 1.33. The SMILES string of the molecule is C=CC(=O)N1CCN(c2nc(OCC3(CN(C)C(C)C)CC3)nc3c2CCN(c2cccc4cccc(Cl)c24)C3)CC1CC#N. The van der Waals surface area contributed by atoms with E-state index in [-0.39, 0.29) is 23.8 Å². The van der Waals surface area contributed by atoms with E-state index < -0.39 is 0 Å². The average molecular weight is 628 g/mol. The van der Waals surface area contributed by atoms with Crippen molar-refractivity contribution in [1.82, 2.24) is 19.8 Å². The number of carbonyl (C=O) groups excluding carboxylic acids is 1. The van der Waals surface area contributed by atoms with Crippen LogP contribution in [0.4, 0.5) is 11.5 Å². The summed E-state index contributed by atoms with van der Waals surface area (Å²) in [7, 11) is 2.17. The van der Waals surface area contributed by atoms with E-state index in [9.17, 15) is 10.1 Å². The van der Waals surface area contributed by atoms with Gasteiger partial charge < -0.3 is 24.3 Å². The molecule has 2 aromatic carbocycles. The van der Waals surface area contributed by atoms with Crippen LogP contribution in [-0.4, -0.2) is 84.1 Å². The fourth-order valence-corrected chi connectivity index (χ4v) is 6.93. The molecule has 1 amide bonds.